The van der Waals surface area contributed by atoms with Gasteiger partial charge >= 0.3 is 6.18 Å². The molecule has 4 radical (unpaired) electrons. The third kappa shape index (κ3) is 35.5. The first-order valence-corrected chi connectivity index (χ1v) is 43.3. The van der Waals surface area contributed by atoms with Crippen molar-refractivity contribution in [1.29, 1.82) is 0 Å². The van der Waals surface area contributed by atoms with Crippen LogP contribution < -0.4 is 10.1 Å². The minimum absolute atomic E-state index is 0. The maximum absolute atomic E-state index is 12.2. The van der Waals surface area contributed by atoms with Gasteiger partial charge in [0.1, 0.15) is 18.3 Å². The van der Waals surface area contributed by atoms with E-state index in [1.54, 1.807) is 50.9 Å². The van der Waals surface area contributed by atoms with E-state index in [0.717, 1.165) is 85.0 Å². The molecule has 0 amide bonds. The van der Waals surface area contributed by atoms with E-state index in [4.69, 9.17) is 10.2 Å². The van der Waals surface area contributed by atoms with E-state index in [1.165, 1.54) is 78.5 Å². The van der Waals surface area contributed by atoms with E-state index in [1.807, 2.05) is 188 Å². The topological polar surface area (TPSA) is 225 Å². The smallest absolute Gasteiger partial charge is 0.431 e. The van der Waals surface area contributed by atoms with Crippen molar-refractivity contribution in [3.8, 4) is 113 Å². The quantitative estimate of drug-likeness (QED) is 0.0743. The second kappa shape index (κ2) is 54.7. The van der Waals surface area contributed by atoms with Crippen molar-refractivity contribution in [1.82, 2.24) is 55.1 Å². The van der Waals surface area contributed by atoms with Gasteiger partial charge in [-0.2, -0.15) is 19.4 Å². The number of alkyl halides is 3. The largest absolute Gasteiger partial charge is 0.662 e. The molecule has 0 aliphatic carbocycles. The molecule has 4 N–H and O–H groups in total. The van der Waals surface area contributed by atoms with Crippen LogP contribution in [0, 0.1) is 90.5 Å². The summed E-state index contributed by atoms with van der Waals surface area (Å²) in [5, 5.41) is 43.1. The maximum atomic E-state index is 12.2. The van der Waals surface area contributed by atoms with Gasteiger partial charge in [0.15, 0.2) is 0 Å². The molecule has 0 bridgehead atoms. The Hall–Kier alpha value is -10.8. The van der Waals surface area contributed by atoms with Crippen LogP contribution >= 0.6 is 0 Å². The Bertz CT molecular complexity index is 5870. The molecule has 134 heavy (non-hydrogen) atoms. The number of hydrogen-bond donors (Lipinski definition) is 4. The molecular formula is C112H118F3Ir4N11O4-6. The minimum Gasteiger partial charge on any atom is -0.662 e. The molecule has 0 aliphatic heterocycles. The molecule has 0 saturated heterocycles. The number of nitrogens with zero attached hydrogens (tertiary/aromatic N) is 11. The number of aromatic nitrogens is 11. The molecule has 15 nitrogen and oxygen atoms in total. The SMILES string of the molecule is CC(C)(C)C(O)CC(O)C(C)(C)C.CC(C)(C)c1c[n-]c(-c2ccccn2)c1.CC(O)CC(C)O.Cc1ccc(-c2cc(-c3[c-]cccc3)ncn2)c(C)c1.Cc1cccc(-c2cc(-c3[c-]cccc3)ncn2)c1C.Cc1cccc(C)c1-c1ccnc(-c2[c-]cccc2)c1.Cc1cccc(C)c1-c1ccnc(-c2[c-]cccc2)c1.FC(F)(F)c1cc(-c2ccccn2)[n-]n1.[Ir].[Ir].[Ir].[Ir]. The number of hydrogen-bond acceptors (Lipinski definition) is 13. The monoisotopic (exact) mass is 2510 g/mol. The number of rotatable bonds is 14. The van der Waals surface area contributed by atoms with Crippen LogP contribution in [0.3, 0.4) is 0 Å². The Kier molecular flexibility index (Phi) is 46.4. The van der Waals surface area contributed by atoms with Gasteiger partial charge in [0.2, 0.25) is 0 Å². The zero-order valence-corrected chi connectivity index (χ0v) is 88.8. The summed E-state index contributed by atoms with van der Waals surface area (Å²) < 4.78 is 36.6. The van der Waals surface area contributed by atoms with Gasteiger partial charge in [0.25, 0.3) is 0 Å². The van der Waals surface area contributed by atoms with Gasteiger partial charge in [-0.15, -0.1) is 149 Å². The van der Waals surface area contributed by atoms with Crippen LogP contribution in [0.25, 0.3) is 113 Å². The zero-order chi connectivity index (χ0) is 94.3. The normalized spacial score (nSPS) is 11.7. The molecule has 0 fully saturated rings. The second-order valence-electron chi connectivity index (χ2n) is 35.1. The van der Waals surface area contributed by atoms with Gasteiger partial charge in [0, 0.05) is 134 Å². The molecular weight excluding hydrogens is 2390 g/mol. The van der Waals surface area contributed by atoms with Crippen LogP contribution in [-0.2, 0) is 92.0 Å². The van der Waals surface area contributed by atoms with Crippen LogP contribution in [0.2, 0.25) is 0 Å². The summed E-state index contributed by atoms with van der Waals surface area (Å²) in [4.78, 5) is 39.0. The third-order valence-corrected chi connectivity index (χ3v) is 21.2. The molecule has 22 heteroatoms. The molecule has 4 unspecified atom stereocenters. The van der Waals surface area contributed by atoms with Crippen molar-refractivity contribution >= 4 is 0 Å². The predicted molar refractivity (Wildman–Crippen MR) is 520 cm³/mol. The standard InChI is InChI=1S/2C19H16N.2C18H15N2.C13H15N2.C11H24O2.C9H5F3N3.C5H12O2.4Ir/c2*1-14-7-6-8-15(2)19(14)17-11-12-20-18(13-17)16-9-4-3-5-10-16;1-13-7-6-10-16(14(13)2)18-11-17(19-12-20-18)15-8-4-3-5-9-15;1-13-8-9-16(14(2)10-13)18-11-17(19-12-20-18)15-6-4-3-5-7-15;1-13(2,3)10-8-12(15-9-10)11-6-4-5-7-14-11;1-10(2,3)8(12)7-9(13)11(4,5)6;10-9(11,12)8-5-7(14-15-8)6-3-1-2-4-13-6;1-4(6)3-5(2)7;;;;/h2*3-9,11-13H,1-2H3;3-8,10-12H,1-2H3;3-6,8-12H,1-2H3;4-9H,1-3H3;8-9,12-13H,7H2,1-6H3;1-5H;4-7H,3H2,1-2H3;;;;/q5*-1;;-1;;;;;. The first-order valence-electron chi connectivity index (χ1n) is 43.3. The summed E-state index contributed by atoms with van der Waals surface area (Å²) in [5.41, 5.74) is 29.7. The Labute approximate surface area is 844 Å². The average Bonchev–Trinajstić information content (AvgIpc) is 1.18. The molecule has 708 valence electrons. The summed E-state index contributed by atoms with van der Waals surface area (Å²) in [6, 6.07) is 96.2. The maximum Gasteiger partial charge on any atom is 0.431 e. The summed E-state index contributed by atoms with van der Waals surface area (Å²) in [5.74, 6) is 0. The molecule has 0 saturated carbocycles. The van der Waals surface area contributed by atoms with Crippen molar-refractivity contribution in [3.05, 3.63) is 378 Å². The van der Waals surface area contributed by atoms with Crippen molar-refractivity contribution in [2.45, 2.75) is 180 Å². The van der Waals surface area contributed by atoms with Crippen LogP contribution in [0.4, 0.5) is 13.2 Å². The van der Waals surface area contributed by atoms with E-state index < -0.39 is 24.1 Å². The van der Waals surface area contributed by atoms with Gasteiger partial charge in [-0.1, -0.05) is 194 Å². The van der Waals surface area contributed by atoms with Crippen LogP contribution in [0.1, 0.15) is 145 Å². The summed E-state index contributed by atoms with van der Waals surface area (Å²) in [6.45, 7) is 38.8. The third-order valence-electron chi connectivity index (χ3n) is 21.2. The number of aryl methyl sites for hydroxylation is 7. The Morgan fingerprint density at radius 1 is 0.343 bits per heavy atom. The Morgan fingerprint density at radius 2 is 0.724 bits per heavy atom. The predicted octanol–water partition coefficient (Wildman–Crippen LogP) is 25.6. The Balaban J connectivity index is 0.000000273. The summed E-state index contributed by atoms with van der Waals surface area (Å²) in [6.07, 6.45) is 7.02. The number of aliphatic hydroxyl groups is 4. The molecule has 16 rings (SSSR count). The number of halogens is 3. The van der Waals surface area contributed by atoms with Crippen LogP contribution in [-0.4, -0.2) is 89.8 Å². The van der Waals surface area contributed by atoms with E-state index in [9.17, 15) is 23.4 Å². The van der Waals surface area contributed by atoms with E-state index >= 15 is 0 Å². The molecule has 4 atom stereocenters. The van der Waals surface area contributed by atoms with Crippen molar-refractivity contribution in [3.63, 3.8) is 0 Å². The van der Waals surface area contributed by atoms with E-state index in [-0.39, 0.29) is 115 Å². The summed E-state index contributed by atoms with van der Waals surface area (Å²) >= 11 is 0. The van der Waals surface area contributed by atoms with Gasteiger partial charge in [-0.3, -0.25) is 19.9 Å². The fraction of sp³-hybridized carbons (Fsp3) is 0.259. The number of benzene rings is 8. The number of aliphatic hydroxyl groups excluding tert-OH is 4. The molecule has 0 spiro atoms. The second-order valence-corrected chi connectivity index (χ2v) is 35.1. The number of pyridine rings is 4. The fourth-order valence-electron chi connectivity index (χ4n) is 13.6. The van der Waals surface area contributed by atoms with E-state index in [2.05, 4.69) is 259 Å². The minimum atomic E-state index is -4.46. The Morgan fingerprint density at radius 3 is 1.07 bits per heavy atom. The van der Waals surface area contributed by atoms with Gasteiger partial charge < -0.3 is 45.6 Å². The van der Waals surface area contributed by atoms with Gasteiger partial charge in [-0.25, -0.2) is 9.97 Å². The van der Waals surface area contributed by atoms with Crippen LogP contribution in [0.5, 0.6) is 0 Å². The average molecular weight is 2510 g/mol. The first-order chi connectivity index (χ1) is 61.8. The van der Waals surface area contributed by atoms with Gasteiger partial charge in [0.05, 0.1) is 35.8 Å². The molecule has 8 aromatic carbocycles. The molecule has 0 aliphatic rings. The molecule has 8 heterocycles. The summed E-state index contributed by atoms with van der Waals surface area (Å²) in [7, 11) is 0. The van der Waals surface area contributed by atoms with Crippen LogP contribution in [0.15, 0.2) is 298 Å². The first kappa shape index (κ1) is 114. The van der Waals surface area contributed by atoms with Crippen molar-refractivity contribution in [2.75, 3.05) is 0 Å². The van der Waals surface area contributed by atoms with E-state index in [0.29, 0.717) is 18.5 Å². The molecule has 8 aromatic heterocycles. The fourth-order valence-corrected chi connectivity index (χ4v) is 13.6. The van der Waals surface area contributed by atoms with Crippen molar-refractivity contribution < 1.29 is 114 Å². The van der Waals surface area contributed by atoms with Gasteiger partial charge in [-0.05, 0) is 218 Å². The van der Waals surface area contributed by atoms with Crippen molar-refractivity contribution in [2.24, 2.45) is 10.8 Å². The zero-order valence-electron chi connectivity index (χ0n) is 79.2. The molecule has 16 aromatic rings.